The number of carbonyl (C=O) groups is 3. The van der Waals surface area contributed by atoms with Crippen LogP contribution in [0, 0.1) is 0 Å². The summed E-state index contributed by atoms with van der Waals surface area (Å²) in [6.45, 7) is 6.30. The van der Waals surface area contributed by atoms with Gasteiger partial charge in [0.15, 0.2) is 6.10 Å². The lowest BCUT2D eigenvalue weighted by Gasteiger charge is -2.18. The van der Waals surface area contributed by atoms with Crippen LogP contribution >= 0.6 is 0 Å². The van der Waals surface area contributed by atoms with Crippen LogP contribution in [-0.2, 0) is 28.6 Å². The molecule has 372 valence electrons. The van der Waals surface area contributed by atoms with Crippen LogP contribution < -0.4 is 0 Å². The van der Waals surface area contributed by atoms with E-state index in [1.165, 1.54) is 70.6 Å². The molecule has 66 heavy (non-hydrogen) atoms. The van der Waals surface area contributed by atoms with Crippen molar-refractivity contribution in [1.29, 1.82) is 0 Å². The topological polar surface area (TPSA) is 78.9 Å². The van der Waals surface area contributed by atoms with E-state index in [9.17, 15) is 14.4 Å². The first-order valence-corrected chi connectivity index (χ1v) is 26.5. The molecular weight excluding hydrogens is 817 g/mol. The molecule has 0 unspecified atom stereocenters. The Labute approximate surface area is 405 Å². The molecule has 0 aromatic heterocycles. The molecule has 0 radical (unpaired) electrons. The van der Waals surface area contributed by atoms with Crippen molar-refractivity contribution in [3.63, 3.8) is 0 Å². The van der Waals surface area contributed by atoms with Crippen molar-refractivity contribution in [1.82, 2.24) is 0 Å². The number of rotatable bonds is 46. The van der Waals surface area contributed by atoms with Crippen LogP contribution in [0.2, 0.25) is 0 Å². The third kappa shape index (κ3) is 50.8. The van der Waals surface area contributed by atoms with Gasteiger partial charge in [0, 0.05) is 19.3 Å². The van der Waals surface area contributed by atoms with Crippen molar-refractivity contribution in [3.05, 3.63) is 122 Å². The van der Waals surface area contributed by atoms with Crippen molar-refractivity contribution in [3.8, 4) is 0 Å². The smallest absolute Gasteiger partial charge is 0.306 e. The summed E-state index contributed by atoms with van der Waals surface area (Å²) in [5, 5.41) is 0. The fraction of sp³-hybridized carbons (Fsp3) is 0.617. The molecule has 0 N–H and O–H groups in total. The Kier molecular flexibility index (Phi) is 50.0. The molecule has 0 spiro atoms. The van der Waals surface area contributed by atoms with Gasteiger partial charge in [-0.1, -0.05) is 226 Å². The molecule has 0 rings (SSSR count). The van der Waals surface area contributed by atoms with Gasteiger partial charge in [-0.3, -0.25) is 14.4 Å². The second-order valence-corrected chi connectivity index (χ2v) is 17.0. The Bertz CT molecular complexity index is 1420. The van der Waals surface area contributed by atoms with Crippen molar-refractivity contribution in [2.45, 2.75) is 226 Å². The van der Waals surface area contributed by atoms with E-state index >= 15 is 0 Å². The Morgan fingerprint density at radius 1 is 0.318 bits per heavy atom. The van der Waals surface area contributed by atoms with E-state index in [1.807, 2.05) is 0 Å². The average Bonchev–Trinajstić information content (AvgIpc) is 3.31. The highest BCUT2D eigenvalue weighted by Crippen LogP contribution is 2.14. The van der Waals surface area contributed by atoms with Gasteiger partial charge in [-0.2, -0.15) is 0 Å². The highest BCUT2D eigenvalue weighted by Gasteiger charge is 2.19. The SMILES string of the molecule is CC/C=C\C/C=C\C/C=C\C/C=C\C/C=C\CCCC(=O)OC[C@@H](COC(=O)CCCCCCCCCCCCCCCC)OC(=O)CCC/C=C\C/C=C\C/C=C\C/C=C\C/C=C\CC. The highest BCUT2D eigenvalue weighted by molar-refractivity contribution is 5.71. The Hall–Kier alpha value is -4.19. The van der Waals surface area contributed by atoms with E-state index < -0.39 is 6.10 Å². The standard InChI is InChI=1S/C60H96O6/c1-4-7-10-13-16-19-22-25-28-30-32-35-38-41-44-47-50-53-59(62)65-56-57(55-64-58(61)52-49-46-43-40-37-34-27-24-21-18-15-12-9-6-3)66-60(63)54-51-48-45-42-39-36-33-31-29-26-23-20-17-14-11-8-5-2/h7-8,10-11,16-17,19-20,25-26,28-29,32-33,35-36,41-42,44-45,57H,4-6,9,12-15,18,21-24,27,30-31,34,37-40,43,46-56H2,1-3H3/b10-7-,11-8-,19-16-,20-17-,28-25-,29-26-,35-32-,36-33-,44-41-,45-42-/t57-/m1/s1. The molecule has 0 aliphatic carbocycles. The maximum atomic E-state index is 12.8. The lowest BCUT2D eigenvalue weighted by atomic mass is 10.0. The summed E-state index contributed by atoms with van der Waals surface area (Å²) in [6, 6.07) is 0. The maximum Gasteiger partial charge on any atom is 0.306 e. The largest absolute Gasteiger partial charge is 0.462 e. The minimum atomic E-state index is -0.832. The molecule has 0 heterocycles. The van der Waals surface area contributed by atoms with Gasteiger partial charge in [0.2, 0.25) is 0 Å². The second kappa shape index (κ2) is 53.4. The third-order valence-electron chi connectivity index (χ3n) is 10.7. The number of hydrogen-bond donors (Lipinski definition) is 0. The van der Waals surface area contributed by atoms with E-state index in [4.69, 9.17) is 14.2 Å². The quantitative estimate of drug-likeness (QED) is 0.0262. The number of ether oxygens (including phenoxy) is 3. The van der Waals surface area contributed by atoms with Gasteiger partial charge in [0.05, 0.1) is 0 Å². The molecule has 0 aliphatic heterocycles. The summed E-state index contributed by atoms with van der Waals surface area (Å²) in [7, 11) is 0. The molecule has 0 saturated heterocycles. The molecule has 0 bridgehead atoms. The first-order chi connectivity index (χ1) is 32.5. The summed E-state index contributed by atoms with van der Waals surface area (Å²) >= 11 is 0. The Balaban J connectivity index is 4.59. The van der Waals surface area contributed by atoms with E-state index in [-0.39, 0.29) is 44.0 Å². The molecule has 1 atom stereocenters. The van der Waals surface area contributed by atoms with Crippen LogP contribution in [0.5, 0.6) is 0 Å². The van der Waals surface area contributed by atoms with E-state index in [0.717, 1.165) is 96.3 Å². The first-order valence-electron chi connectivity index (χ1n) is 26.5. The molecular formula is C60H96O6. The van der Waals surface area contributed by atoms with Crippen LogP contribution in [0.1, 0.15) is 220 Å². The molecule has 0 aromatic rings. The summed E-state index contributed by atoms with van der Waals surface area (Å²) < 4.78 is 16.7. The average molecular weight is 913 g/mol. The molecule has 6 heteroatoms. The zero-order valence-electron chi connectivity index (χ0n) is 42.4. The molecule has 0 aliphatic rings. The van der Waals surface area contributed by atoms with Gasteiger partial charge in [-0.25, -0.2) is 0 Å². The van der Waals surface area contributed by atoms with E-state index in [1.54, 1.807) is 0 Å². The second-order valence-electron chi connectivity index (χ2n) is 17.0. The number of esters is 3. The Morgan fingerprint density at radius 2 is 0.591 bits per heavy atom. The summed E-state index contributed by atoms with van der Waals surface area (Å²) in [5.41, 5.74) is 0. The Morgan fingerprint density at radius 3 is 0.924 bits per heavy atom. The van der Waals surface area contributed by atoms with Crippen molar-refractivity contribution < 1.29 is 28.6 Å². The molecule has 0 fully saturated rings. The van der Waals surface area contributed by atoms with Gasteiger partial charge in [0.25, 0.3) is 0 Å². The lowest BCUT2D eigenvalue weighted by molar-refractivity contribution is -0.167. The fourth-order valence-corrected chi connectivity index (χ4v) is 6.81. The summed E-state index contributed by atoms with van der Waals surface area (Å²) in [5.74, 6) is -1.04. The van der Waals surface area contributed by atoms with Crippen LogP contribution in [0.15, 0.2) is 122 Å². The number of allylic oxidation sites excluding steroid dienone is 20. The van der Waals surface area contributed by atoms with Gasteiger partial charge < -0.3 is 14.2 Å². The normalized spacial score (nSPS) is 13.1. The van der Waals surface area contributed by atoms with Crippen molar-refractivity contribution in [2.24, 2.45) is 0 Å². The minimum absolute atomic E-state index is 0.120. The zero-order valence-corrected chi connectivity index (χ0v) is 42.4. The van der Waals surface area contributed by atoms with Gasteiger partial charge in [-0.15, -0.1) is 0 Å². The van der Waals surface area contributed by atoms with Crippen LogP contribution in [-0.4, -0.2) is 37.2 Å². The molecule has 0 aromatic carbocycles. The van der Waals surface area contributed by atoms with Crippen molar-refractivity contribution in [2.75, 3.05) is 13.2 Å². The van der Waals surface area contributed by atoms with Crippen LogP contribution in [0.4, 0.5) is 0 Å². The van der Waals surface area contributed by atoms with E-state index in [0.29, 0.717) is 19.3 Å². The predicted molar refractivity (Wildman–Crippen MR) is 283 cm³/mol. The molecule has 0 saturated carbocycles. The lowest BCUT2D eigenvalue weighted by Crippen LogP contribution is -2.30. The number of carbonyl (C=O) groups excluding carboxylic acids is 3. The molecule has 6 nitrogen and oxygen atoms in total. The monoisotopic (exact) mass is 913 g/mol. The van der Waals surface area contributed by atoms with Crippen LogP contribution in [0.25, 0.3) is 0 Å². The number of unbranched alkanes of at least 4 members (excludes halogenated alkanes) is 15. The van der Waals surface area contributed by atoms with Gasteiger partial charge in [-0.05, 0) is 96.3 Å². The molecule has 0 amide bonds. The zero-order chi connectivity index (χ0) is 47.9. The highest BCUT2D eigenvalue weighted by atomic mass is 16.6. The third-order valence-corrected chi connectivity index (χ3v) is 10.7. The predicted octanol–water partition coefficient (Wildman–Crippen LogP) is 17.7. The summed E-state index contributed by atoms with van der Waals surface area (Å²) in [4.78, 5) is 38.0. The fourth-order valence-electron chi connectivity index (χ4n) is 6.81. The van der Waals surface area contributed by atoms with Crippen LogP contribution in [0.3, 0.4) is 0 Å². The van der Waals surface area contributed by atoms with E-state index in [2.05, 4.69) is 142 Å². The first kappa shape index (κ1) is 61.8. The van der Waals surface area contributed by atoms with Gasteiger partial charge in [0.1, 0.15) is 13.2 Å². The number of hydrogen-bond acceptors (Lipinski definition) is 6. The van der Waals surface area contributed by atoms with Gasteiger partial charge >= 0.3 is 17.9 Å². The van der Waals surface area contributed by atoms with Crippen molar-refractivity contribution >= 4 is 17.9 Å². The summed E-state index contributed by atoms with van der Waals surface area (Å²) in [6.07, 6.45) is 73.4. The minimum Gasteiger partial charge on any atom is -0.462 e. The maximum absolute atomic E-state index is 12.8.